The van der Waals surface area contributed by atoms with E-state index in [9.17, 15) is 4.79 Å². The van der Waals surface area contributed by atoms with Gasteiger partial charge in [-0.1, -0.05) is 43.5 Å². The molecule has 0 aromatic heterocycles. The van der Waals surface area contributed by atoms with Crippen molar-refractivity contribution in [1.29, 1.82) is 0 Å². The van der Waals surface area contributed by atoms with Gasteiger partial charge < -0.3 is 9.47 Å². The van der Waals surface area contributed by atoms with Crippen LogP contribution in [0.1, 0.15) is 37.7 Å². The Bertz CT molecular complexity index is 981. The highest BCUT2D eigenvalue weighted by molar-refractivity contribution is 8.18. The largest absolute Gasteiger partial charge is 0.454 e. The van der Waals surface area contributed by atoms with Gasteiger partial charge in [-0.2, -0.15) is 0 Å². The Morgan fingerprint density at radius 3 is 2.62 bits per heavy atom. The van der Waals surface area contributed by atoms with Crippen LogP contribution in [-0.2, 0) is 4.79 Å². The quantitative estimate of drug-likeness (QED) is 0.645. The van der Waals surface area contributed by atoms with Crippen molar-refractivity contribution >= 4 is 34.6 Å². The number of amidine groups is 1. The average Bonchev–Trinajstić information content (AvgIpc) is 3.34. The minimum atomic E-state index is 0.0502. The summed E-state index contributed by atoms with van der Waals surface area (Å²) in [6.45, 7) is 0.242. The Morgan fingerprint density at radius 1 is 1.00 bits per heavy atom. The van der Waals surface area contributed by atoms with E-state index in [-0.39, 0.29) is 18.7 Å². The van der Waals surface area contributed by atoms with E-state index in [1.165, 1.54) is 31.0 Å². The number of thioether (sulfide) groups is 1. The number of rotatable bonds is 3. The van der Waals surface area contributed by atoms with E-state index in [0.717, 1.165) is 40.8 Å². The Hall–Kier alpha value is -2.73. The Balaban J connectivity index is 1.49. The fourth-order valence-electron chi connectivity index (χ4n) is 3.99. The van der Waals surface area contributed by atoms with E-state index in [0.29, 0.717) is 4.91 Å². The molecule has 1 saturated carbocycles. The molecule has 0 radical (unpaired) electrons. The van der Waals surface area contributed by atoms with Crippen LogP contribution in [-0.4, -0.2) is 28.8 Å². The highest BCUT2D eigenvalue weighted by atomic mass is 32.2. The van der Waals surface area contributed by atoms with Crippen LogP contribution in [0.3, 0.4) is 0 Å². The van der Waals surface area contributed by atoms with Gasteiger partial charge in [-0.3, -0.25) is 9.69 Å². The maximum Gasteiger partial charge on any atom is 0.267 e. The Morgan fingerprint density at radius 2 is 1.79 bits per heavy atom. The number of hydrogen-bond acceptors (Lipinski definition) is 5. The van der Waals surface area contributed by atoms with Gasteiger partial charge in [0.2, 0.25) is 6.79 Å². The van der Waals surface area contributed by atoms with Crippen molar-refractivity contribution in [2.75, 3.05) is 6.79 Å². The van der Waals surface area contributed by atoms with E-state index in [2.05, 4.69) is 0 Å². The lowest BCUT2D eigenvalue weighted by atomic mass is 9.94. The van der Waals surface area contributed by atoms with Crippen LogP contribution in [0.2, 0.25) is 0 Å². The molecule has 2 aromatic carbocycles. The third kappa shape index (κ3) is 3.77. The average molecular weight is 407 g/mol. The van der Waals surface area contributed by atoms with Gasteiger partial charge in [0.25, 0.3) is 5.91 Å². The first-order chi connectivity index (χ1) is 14.3. The second-order valence-corrected chi connectivity index (χ2v) is 8.43. The van der Waals surface area contributed by atoms with Crippen molar-refractivity contribution < 1.29 is 14.3 Å². The van der Waals surface area contributed by atoms with Crippen LogP contribution in [0.25, 0.3) is 6.08 Å². The second kappa shape index (κ2) is 7.95. The summed E-state index contributed by atoms with van der Waals surface area (Å²) in [4.78, 5) is 20.8. The van der Waals surface area contributed by atoms with Gasteiger partial charge in [-0.15, -0.1) is 0 Å². The topological polar surface area (TPSA) is 51.1 Å². The number of benzene rings is 2. The monoisotopic (exact) mass is 406 g/mol. The number of carbonyl (C=O) groups is 1. The Labute approximate surface area is 174 Å². The minimum Gasteiger partial charge on any atom is -0.454 e. The summed E-state index contributed by atoms with van der Waals surface area (Å²) >= 11 is 1.46. The number of para-hydroxylation sites is 1. The van der Waals surface area contributed by atoms with Crippen LogP contribution in [0, 0.1) is 0 Å². The van der Waals surface area contributed by atoms with Gasteiger partial charge in [0.1, 0.15) is 0 Å². The standard InChI is InChI=1S/C23H22N2O3S/c26-22-21(14-16-11-12-19-20(13-16)28-15-27-19)29-23(24-17-7-3-1-4-8-17)25(22)18-9-5-2-6-10-18/h1,3-4,7-8,11-14,18H,2,5-6,9-10,15H2/b21-14+,24-23?. The van der Waals surface area contributed by atoms with Crippen molar-refractivity contribution in [1.82, 2.24) is 4.90 Å². The molecule has 1 aliphatic carbocycles. The predicted octanol–water partition coefficient (Wildman–Crippen LogP) is 5.35. The number of hydrogen-bond donors (Lipinski definition) is 0. The fourth-order valence-corrected chi connectivity index (χ4v) is 5.05. The first-order valence-electron chi connectivity index (χ1n) is 10.0. The fraction of sp³-hybridized carbons (Fsp3) is 0.304. The number of carbonyl (C=O) groups excluding carboxylic acids is 1. The third-order valence-corrected chi connectivity index (χ3v) is 6.44. The van der Waals surface area contributed by atoms with E-state index in [4.69, 9.17) is 14.5 Å². The van der Waals surface area contributed by atoms with Crippen LogP contribution in [0.4, 0.5) is 5.69 Å². The third-order valence-electron chi connectivity index (χ3n) is 5.45. The summed E-state index contributed by atoms with van der Waals surface area (Å²) in [5, 5.41) is 0.778. The zero-order valence-corrected chi connectivity index (χ0v) is 16.9. The molecule has 0 unspecified atom stereocenters. The second-order valence-electron chi connectivity index (χ2n) is 7.42. The molecule has 0 N–H and O–H groups in total. The van der Waals surface area contributed by atoms with E-state index in [1.807, 2.05) is 59.5 Å². The van der Waals surface area contributed by atoms with Crippen LogP contribution in [0.5, 0.6) is 11.5 Å². The molecule has 5 nitrogen and oxygen atoms in total. The molecule has 3 aliphatic rings. The molecule has 2 aliphatic heterocycles. The van der Waals surface area contributed by atoms with Crippen molar-refractivity contribution in [3.8, 4) is 11.5 Å². The normalized spacial score (nSPS) is 22.1. The predicted molar refractivity (Wildman–Crippen MR) is 115 cm³/mol. The lowest BCUT2D eigenvalue weighted by Gasteiger charge is -2.30. The molecule has 6 heteroatoms. The van der Waals surface area contributed by atoms with Gasteiger partial charge in [0.05, 0.1) is 10.6 Å². The molecule has 0 spiro atoms. The smallest absolute Gasteiger partial charge is 0.267 e. The van der Waals surface area contributed by atoms with E-state index >= 15 is 0 Å². The molecule has 1 saturated heterocycles. The lowest BCUT2D eigenvalue weighted by molar-refractivity contribution is -0.124. The van der Waals surface area contributed by atoms with E-state index < -0.39 is 0 Å². The van der Waals surface area contributed by atoms with Crippen molar-refractivity contribution in [2.45, 2.75) is 38.1 Å². The molecular weight excluding hydrogens is 384 g/mol. The highest BCUT2D eigenvalue weighted by Crippen LogP contribution is 2.39. The van der Waals surface area contributed by atoms with Crippen molar-refractivity contribution in [3.05, 3.63) is 59.0 Å². The van der Waals surface area contributed by atoms with Crippen LogP contribution in [0.15, 0.2) is 58.4 Å². The number of ether oxygens (including phenoxy) is 2. The SMILES string of the molecule is O=C1/C(=C\c2ccc3c(c2)OCO3)SC(=Nc2ccccc2)N1C1CCCCC1. The molecule has 29 heavy (non-hydrogen) atoms. The van der Waals surface area contributed by atoms with Gasteiger partial charge >= 0.3 is 0 Å². The summed E-state index contributed by atoms with van der Waals surface area (Å²) in [5.41, 5.74) is 1.79. The molecule has 1 amide bonds. The number of nitrogens with zero attached hydrogens (tertiary/aromatic N) is 2. The van der Waals surface area contributed by atoms with Gasteiger partial charge in [-0.25, -0.2) is 4.99 Å². The molecule has 0 atom stereocenters. The van der Waals surface area contributed by atoms with Crippen molar-refractivity contribution in [2.24, 2.45) is 4.99 Å². The number of aliphatic imine (C=N–C) groups is 1. The molecule has 5 rings (SSSR count). The minimum absolute atomic E-state index is 0.0502. The van der Waals surface area contributed by atoms with Crippen LogP contribution < -0.4 is 9.47 Å². The lowest BCUT2D eigenvalue weighted by Crippen LogP contribution is -2.40. The summed E-state index contributed by atoms with van der Waals surface area (Å²) in [5.74, 6) is 1.51. The van der Waals surface area contributed by atoms with Crippen LogP contribution >= 0.6 is 11.8 Å². The zero-order chi connectivity index (χ0) is 19.6. The maximum atomic E-state index is 13.3. The molecule has 2 fully saturated rings. The van der Waals surface area contributed by atoms with Gasteiger partial charge in [0.15, 0.2) is 16.7 Å². The first-order valence-corrected chi connectivity index (χ1v) is 10.9. The summed E-state index contributed by atoms with van der Waals surface area (Å²) < 4.78 is 10.9. The summed E-state index contributed by atoms with van der Waals surface area (Å²) in [6, 6.07) is 15.8. The summed E-state index contributed by atoms with van der Waals surface area (Å²) in [6.07, 6.45) is 7.59. The van der Waals surface area contributed by atoms with E-state index in [1.54, 1.807) is 0 Å². The van der Waals surface area contributed by atoms with Gasteiger partial charge in [0, 0.05) is 6.04 Å². The van der Waals surface area contributed by atoms with Crippen molar-refractivity contribution in [3.63, 3.8) is 0 Å². The molecule has 148 valence electrons. The molecule has 0 bridgehead atoms. The summed E-state index contributed by atoms with van der Waals surface area (Å²) in [7, 11) is 0. The first kappa shape index (κ1) is 18.3. The highest BCUT2D eigenvalue weighted by Gasteiger charge is 2.38. The maximum absolute atomic E-state index is 13.3. The molecule has 2 heterocycles. The van der Waals surface area contributed by atoms with Gasteiger partial charge in [-0.05, 0) is 60.5 Å². The molecule has 2 aromatic rings. The number of fused-ring (bicyclic) bond motifs is 1. The number of amides is 1. The zero-order valence-electron chi connectivity index (χ0n) is 16.0. The Kier molecular flexibility index (Phi) is 5.02. The molecular formula is C23H22N2O3S.